The zero-order valence-corrected chi connectivity index (χ0v) is 21.3. The number of pyridine rings is 1. The molecule has 0 bridgehead atoms. The number of cyclic esters (lactones) is 1. The van der Waals surface area contributed by atoms with Crippen molar-refractivity contribution in [2.24, 2.45) is 5.73 Å². The van der Waals surface area contributed by atoms with Crippen molar-refractivity contribution >= 4 is 46.8 Å². The molecule has 1 aliphatic rings. The lowest BCUT2D eigenvalue weighted by Gasteiger charge is -2.16. The molecule has 4 rings (SSSR count). The summed E-state index contributed by atoms with van der Waals surface area (Å²) in [6.07, 6.45) is -6.13. The van der Waals surface area contributed by atoms with Crippen molar-refractivity contribution in [3.05, 3.63) is 64.4 Å². The van der Waals surface area contributed by atoms with Crippen LogP contribution >= 0.6 is 12.4 Å². The van der Waals surface area contributed by atoms with E-state index in [2.05, 4.69) is 4.98 Å². The number of rotatable bonds is 7. The van der Waals surface area contributed by atoms with Crippen molar-refractivity contribution in [3.63, 3.8) is 0 Å². The summed E-state index contributed by atoms with van der Waals surface area (Å²) in [6.45, 7) is -0.801. The van der Waals surface area contributed by atoms with Gasteiger partial charge in [0.1, 0.15) is 13.2 Å². The van der Waals surface area contributed by atoms with Crippen LogP contribution in [-0.4, -0.2) is 67.2 Å². The Bertz CT molecular complexity index is 1460. The number of nitrogens with zero attached hydrogens (tertiary/aromatic N) is 2. The summed E-state index contributed by atoms with van der Waals surface area (Å²) in [5.41, 5.74) is 3.88. The van der Waals surface area contributed by atoms with Gasteiger partial charge in [0, 0.05) is 29.4 Å². The Morgan fingerprint density at radius 3 is 2.59 bits per heavy atom. The van der Waals surface area contributed by atoms with E-state index in [1.54, 1.807) is 0 Å². The van der Waals surface area contributed by atoms with Crippen molar-refractivity contribution < 1.29 is 37.0 Å². The Morgan fingerprint density at radius 1 is 1.18 bits per heavy atom. The fraction of sp³-hybridized carbons (Fsp3) is 0.280. The average Bonchev–Trinajstić information content (AvgIpc) is 3.26. The monoisotopic (exact) mass is 568 g/mol. The van der Waals surface area contributed by atoms with E-state index >= 15 is 0 Å². The molecule has 10 nitrogen and oxygen atoms in total. The number of fused-ring (bicyclic) bond motifs is 1. The molecular formula is C25H24ClF3N4O6. The van der Waals surface area contributed by atoms with Gasteiger partial charge >= 0.3 is 18.2 Å². The van der Waals surface area contributed by atoms with Crippen molar-refractivity contribution in [2.45, 2.75) is 12.3 Å². The number of alkyl halides is 3. The Balaban J connectivity index is 0.00000420. The van der Waals surface area contributed by atoms with Gasteiger partial charge in [-0.15, -0.1) is 12.4 Å². The summed E-state index contributed by atoms with van der Waals surface area (Å²) in [5.74, 6) is -1.15. The van der Waals surface area contributed by atoms with Crippen LogP contribution in [0.2, 0.25) is 0 Å². The zero-order chi connectivity index (χ0) is 27.6. The van der Waals surface area contributed by atoms with Crippen LogP contribution in [0.5, 0.6) is 0 Å². The number of halogens is 4. The predicted molar refractivity (Wildman–Crippen MR) is 138 cm³/mol. The van der Waals surface area contributed by atoms with Gasteiger partial charge in [-0.1, -0.05) is 24.3 Å². The fourth-order valence-electron chi connectivity index (χ4n) is 4.01. The van der Waals surface area contributed by atoms with E-state index in [0.29, 0.717) is 11.1 Å². The van der Waals surface area contributed by atoms with Gasteiger partial charge in [0.05, 0.1) is 18.7 Å². The number of hydrogen-bond donors (Lipinski definition) is 2. The third kappa shape index (κ3) is 6.49. The number of amides is 2. The number of likely N-dealkylation sites (N-methyl/N-ethyl adjacent to an activating group) is 1. The standard InChI is InChI=1S/C25H23F3N4O6.ClH/c1-31(21(33)10-29)12-22(34)37-13-16-11-32(24(36)38-16)15-7-6-14-8-20(30-23(35)18(14)9-15)17-4-2-3-5-19(17)25(26,27)28;/h2-9,16H,10-13,29H2,1H3,(H,30,35);1H/t16-;/m0./s1. The first-order valence-corrected chi connectivity index (χ1v) is 11.4. The molecule has 0 spiro atoms. The third-order valence-electron chi connectivity index (χ3n) is 5.93. The number of nitrogens with one attached hydrogen (secondary N) is 1. The van der Waals surface area contributed by atoms with Gasteiger partial charge in [0.25, 0.3) is 5.56 Å². The first kappa shape index (κ1) is 29.5. The molecule has 1 fully saturated rings. The Kier molecular flexibility index (Phi) is 8.87. The summed E-state index contributed by atoms with van der Waals surface area (Å²) in [5, 5.41) is 0.532. The lowest BCUT2D eigenvalue weighted by Crippen LogP contribution is -2.37. The molecule has 2 aromatic carbocycles. The maximum absolute atomic E-state index is 13.5. The molecule has 2 amide bonds. The van der Waals surface area contributed by atoms with Crippen LogP contribution in [-0.2, 0) is 25.2 Å². The molecule has 1 atom stereocenters. The van der Waals surface area contributed by atoms with Crippen LogP contribution in [0.4, 0.5) is 23.7 Å². The minimum Gasteiger partial charge on any atom is -0.460 e. The number of aromatic nitrogens is 1. The first-order chi connectivity index (χ1) is 18.0. The fourth-order valence-corrected chi connectivity index (χ4v) is 4.01. The highest BCUT2D eigenvalue weighted by Gasteiger charge is 2.35. The Morgan fingerprint density at radius 2 is 1.90 bits per heavy atom. The number of esters is 1. The molecule has 1 saturated heterocycles. The second kappa shape index (κ2) is 11.7. The molecule has 3 aromatic rings. The summed E-state index contributed by atoms with van der Waals surface area (Å²) >= 11 is 0. The Labute approximate surface area is 225 Å². The van der Waals surface area contributed by atoms with E-state index in [9.17, 15) is 32.3 Å². The molecule has 0 saturated carbocycles. The summed E-state index contributed by atoms with van der Waals surface area (Å²) in [7, 11) is 1.40. The van der Waals surface area contributed by atoms with Gasteiger partial charge in [-0.25, -0.2) is 4.79 Å². The summed E-state index contributed by atoms with van der Waals surface area (Å²) in [4.78, 5) is 53.5. The lowest BCUT2D eigenvalue weighted by molar-refractivity contribution is -0.150. The third-order valence-corrected chi connectivity index (χ3v) is 5.93. The molecule has 0 aliphatic carbocycles. The smallest absolute Gasteiger partial charge is 0.417 e. The van der Waals surface area contributed by atoms with Crippen LogP contribution in [0.15, 0.2) is 53.3 Å². The van der Waals surface area contributed by atoms with Gasteiger partial charge in [-0.2, -0.15) is 13.2 Å². The molecule has 1 aliphatic heterocycles. The predicted octanol–water partition coefficient (Wildman–Crippen LogP) is 2.92. The average molecular weight is 569 g/mol. The van der Waals surface area contributed by atoms with Crippen LogP contribution < -0.4 is 16.2 Å². The number of benzene rings is 2. The number of nitrogens with two attached hydrogens (primary N) is 1. The number of hydrogen-bond acceptors (Lipinski definition) is 7. The van der Waals surface area contributed by atoms with Crippen molar-refractivity contribution in [3.8, 4) is 11.3 Å². The van der Waals surface area contributed by atoms with E-state index in [1.807, 2.05) is 0 Å². The van der Waals surface area contributed by atoms with Crippen LogP contribution in [0, 0.1) is 0 Å². The van der Waals surface area contributed by atoms with E-state index in [1.165, 1.54) is 54.4 Å². The SMILES string of the molecule is CN(CC(=O)OC[C@@H]1CN(c2ccc3cc(-c4ccccc4C(F)(F)F)[nH]c(=O)c3c2)C(=O)O1)C(=O)CN.Cl. The number of carbonyl (C=O) groups is 3. The van der Waals surface area contributed by atoms with E-state index in [-0.39, 0.29) is 55.3 Å². The number of H-pyrrole nitrogens is 1. The molecule has 3 N–H and O–H groups in total. The van der Waals surface area contributed by atoms with Gasteiger partial charge < -0.3 is 25.1 Å². The molecule has 14 heteroatoms. The number of anilines is 1. The second-order valence-electron chi connectivity index (χ2n) is 8.58. The van der Waals surface area contributed by atoms with Crippen LogP contribution in [0.3, 0.4) is 0 Å². The van der Waals surface area contributed by atoms with Crippen LogP contribution in [0.25, 0.3) is 22.0 Å². The van der Waals surface area contributed by atoms with Crippen molar-refractivity contribution in [1.29, 1.82) is 0 Å². The molecular weight excluding hydrogens is 545 g/mol. The highest BCUT2D eigenvalue weighted by atomic mass is 35.5. The normalized spacial score (nSPS) is 15.1. The molecule has 0 radical (unpaired) electrons. The molecule has 208 valence electrons. The first-order valence-electron chi connectivity index (χ1n) is 11.4. The number of aromatic amines is 1. The van der Waals surface area contributed by atoms with Crippen molar-refractivity contribution in [2.75, 3.05) is 38.2 Å². The maximum atomic E-state index is 13.5. The summed E-state index contributed by atoms with van der Waals surface area (Å²) < 4.78 is 50.7. The van der Waals surface area contributed by atoms with Crippen LogP contribution in [0.1, 0.15) is 5.56 Å². The molecule has 39 heavy (non-hydrogen) atoms. The highest BCUT2D eigenvalue weighted by molar-refractivity contribution is 5.95. The van der Waals surface area contributed by atoms with Gasteiger partial charge in [0.15, 0.2) is 6.10 Å². The van der Waals surface area contributed by atoms with Gasteiger partial charge in [0.2, 0.25) is 5.91 Å². The lowest BCUT2D eigenvalue weighted by atomic mass is 10.0. The van der Waals surface area contributed by atoms with E-state index in [4.69, 9.17) is 15.2 Å². The number of ether oxygens (including phenoxy) is 2. The largest absolute Gasteiger partial charge is 0.460 e. The minimum atomic E-state index is -4.61. The number of carbonyl (C=O) groups excluding carboxylic acids is 3. The van der Waals surface area contributed by atoms with E-state index < -0.39 is 41.4 Å². The molecule has 1 aromatic heterocycles. The minimum absolute atomic E-state index is 0. The highest BCUT2D eigenvalue weighted by Crippen LogP contribution is 2.36. The quantitative estimate of drug-likeness (QED) is 0.418. The maximum Gasteiger partial charge on any atom is 0.417 e. The molecule has 0 unspecified atom stereocenters. The second-order valence-corrected chi connectivity index (χ2v) is 8.58. The topological polar surface area (TPSA) is 135 Å². The van der Waals surface area contributed by atoms with Gasteiger partial charge in [-0.3, -0.25) is 19.3 Å². The Hall–Kier alpha value is -4.10. The van der Waals surface area contributed by atoms with E-state index in [0.717, 1.165) is 11.0 Å². The van der Waals surface area contributed by atoms with Gasteiger partial charge in [-0.05, 0) is 29.7 Å². The molecule has 2 heterocycles. The summed E-state index contributed by atoms with van der Waals surface area (Å²) in [6, 6.07) is 10.8. The zero-order valence-electron chi connectivity index (χ0n) is 20.5. The van der Waals surface area contributed by atoms with Crippen molar-refractivity contribution in [1.82, 2.24) is 9.88 Å².